The van der Waals surface area contributed by atoms with Crippen LogP contribution in [0.15, 0.2) is 18.5 Å². The van der Waals surface area contributed by atoms with Crippen LogP contribution < -0.4 is 0 Å². The Balaban J connectivity index is 0.000000686. The average molecular weight is 236 g/mol. The maximum Gasteiger partial charge on any atom is 0.255 e. The van der Waals surface area contributed by atoms with E-state index in [1.807, 2.05) is 26.8 Å². The number of carbonyl (C=O) groups is 1. The molecule has 1 aliphatic rings. The zero-order valence-corrected chi connectivity index (χ0v) is 10.8. The number of amides is 1. The van der Waals surface area contributed by atoms with Gasteiger partial charge in [0.2, 0.25) is 0 Å². The maximum atomic E-state index is 12.0. The van der Waals surface area contributed by atoms with Gasteiger partial charge in [-0.25, -0.2) is 0 Å². The van der Waals surface area contributed by atoms with Crippen molar-refractivity contribution in [2.24, 2.45) is 0 Å². The molecule has 0 N–H and O–H groups in total. The van der Waals surface area contributed by atoms with Crippen molar-refractivity contribution in [3.63, 3.8) is 0 Å². The lowest BCUT2D eigenvalue weighted by Gasteiger charge is -2.26. The van der Waals surface area contributed by atoms with E-state index in [0.717, 1.165) is 5.56 Å². The van der Waals surface area contributed by atoms with Crippen LogP contribution in [0, 0.1) is 6.92 Å². The number of carbonyl (C=O) groups excluding carboxylic acids is 1. The molecule has 0 radical (unpaired) electrons. The molecule has 0 atom stereocenters. The van der Waals surface area contributed by atoms with Crippen molar-refractivity contribution in [2.75, 3.05) is 26.3 Å². The summed E-state index contributed by atoms with van der Waals surface area (Å²) in [6.07, 6.45) is 3.36. The second-order valence-electron chi connectivity index (χ2n) is 3.66. The van der Waals surface area contributed by atoms with Crippen LogP contribution in [-0.4, -0.2) is 42.1 Å². The molecule has 2 heterocycles. The van der Waals surface area contributed by atoms with E-state index in [1.54, 1.807) is 17.3 Å². The third kappa shape index (κ3) is 3.82. The Labute approximate surface area is 103 Å². The molecule has 0 aromatic carbocycles. The topological polar surface area (TPSA) is 42.4 Å². The molecule has 1 aliphatic heterocycles. The number of aromatic nitrogens is 1. The van der Waals surface area contributed by atoms with Gasteiger partial charge in [0, 0.05) is 25.5 Å². The summed E-state index contributed by atoms with van der Waals surface area (Å²) in [7, 11) is 0. The van der Waals surface area contributed by atoms with Gasteiger partial charge in [-0.3, -0.25) is 9.78 Å². The molecule has 0 unspecified atom stereocenters. The van der Waals surface area contributed by atoms with Crippen molar-refractivity contribution >= 4 is 5.91 Å². The van der Waals surface area contributed by atoms with Crippen LogP contribution >= 0.6 is 0 Å². The molecule has 0 spiro atoms. The molecule has 1 aromatic rings. The predicted molar refractivity (Wildman–Crippen MR) is 67.0 cm³/mol. The number of hydrogen-bond donors (Lipinski definition) is 0. The summed E-state index contributed by atoms with van der Waals surface area (Å²) in [5, 5.41) is 0. The highest BCUT2D eigenvalue weighted by Gasteiger charge is 2.18. The van der Waals surface area contributed by atoms with Crippen LogP contribution in [0.1, 0.15) is 29.8 Å². The Morgan fingerprint density at radius 2 is 1.94 bits per heavy atom. The first-order chi connectivity index (χ1) is 8.27. The highest BCUT2D eigenvalue weighted by molar-refractivity contribution is 5.94. The van der Waals surface area contributed by atoms with Crippen molar-refractivity contribution in [3.05, 3.63) is 29.6 Å². The molecule has 0 saturated carbocycles. The quantitative estimate of drug-likeness (QED) is 0.747. The Hall–Kier alpha value is -1.42. The summed E-state index contributed by atoms with van der Waals surface area (Å²) >= 11 is 0. The lowest BCUT2D eigenvalue weighted by molar-refractivity contribution is 0.0302. The fourth-order valence-corrected chi connectivity index (χ4v) is 1.62. The highest BCUT2D eigenvalue weighted by atomic mass is 16.5. The largest absolute Gasteiger partial charge is 0.378 e. The average Bonchev–Trinajstić information content (AvgIpc) is 2.41. The zero-order valence-electron chi connectivity index (χ0n) is 10.8. The molecule has 4 heteroatoms. The van der Waals surface area contributed by atoms with Gasteiger partial charge in [0.05, 0.1) is 18.8 Å². The van der Waals surface area contributed by atoms with Gasteiger partial charge in [0.1, 0.15) is 0 Å². The first kappa shape index (κ1) is 13.6. The number of pyridine rings is 1. The van der Waals surface area contributed by atoms with E-state index in [4.69, 9.17) is 4.74 Å². The second kappa shape index (κ2) is 7.01. The van der Waals surface area contributed by atoms with Crippen molar-refractivity contribution in [1.29, 1.82) is 0 Å². The van der Waals surface area contributed by atoms with Gasteiger partial charge < -0.3 is 9.64 Å². The van der Waals surface area contributed by atoms with Gasteiger partial charge in [-0.05, 0) is 18.6 Å². The van der Waals surface area contributed by atoms with Crippen LogP contribution in [0.25, 0.3) is 0 Å². The highest BCUT2D eigenvalue weighted by Crippen LogP contribution is 2.07. The first-order valence-corrected chi connectivity index (χ1v) is 6.06. The van der Waals surface area contributed by atoms with E-state index in [0.29, 0.717) is 31.9 Å². The van der Waals surface area contributed by atoms with Crippen LogP contribution in [0.4, 0.5) is 0 Å². The van der Waals surface area contributed by atoms with Gasteiger partial charge in [-0.15, -0.1) is 0 Å². The van der Waals surface area contributed by atoms with Gasteiger partial charge >= 0.3 is 0 Å². The molecule has 1 fully saturated rings. The minimum Gasteiger partial charge on any atom is -0.378 e. The van der Waals surface area contributed by atoms with Crippen LogP contribution in [-0.2, 0) is 4.74 Å². The fraction of sp³-hybridized carbons (Fsp3) is 0.538. The molecular weight excluding hydrogens is 216 g/mol. The molecule has 0 bridgehead atoms. The van der Waals surface area contributed by atoms with E-state index in [-0.39, 0.29) is 5.91 Å². The van der Waals surface area contributed by atoms with Gasteiger partial charge in [-0.1, -0.05) is 13.8 Å². The normalized spacial score (nSPS) is 14.9. The van der Waals surface area contributed by atoms with Crippen molar-refractivity contribution < 1.29 is 9.53 Å². The van der Waals surface area contributed by atoms with E-state index in [1.165, 1.54) is 0 Å². The fourth-order valence-electron chi connectivity index (χ4n) is 1.62. The minimum absolute atomic E-state index is 0.0505. The van der Waals surface area contributed by atoms with Crippen molar-refractivity contribution in [2.45, 2.75) is 20.8 Å². The lowest BCUT2D eigenvalue weighted by atomic mass is 10.2. The molecule has 1 aromatic heterocycles. The third-order valence-electron chi connectivity index (χ3n) is 2.42. The Kier molecular flexibility index (Phi) is 5.63. The van der Waals surface area contributed by atoms with Gasteiger partial charge in [0.25, 0.3) is 5.91 Å². The van der Waals surface area contributed by atoms with Gasteiger partial charge in [0.15, 0.2) is 0 Å². The SMILES string of the molecule is CC.Cc1cncc(C(=O)N2CCOCC2)c1. The molecular formula is C13H20N2O2. The van der Waals surface area contributed by atoms with Crippen molar-refractivity contribution in [1.82, 2.24) is 9.88 Å². The summed E-state index contributed by atoms with van der Waals surface area (Å²) in [5.41, 5.74) is 1.67. The molecule has 1 amide bonds. The zero-order chi connectivity index (χ0) is 12.7. The van der Waals surface area contributed by atoms with E-state index >= 15 is 0 Å². The van der Waals surface area contributed by atoms with E-state index in [2.05, 4.69) is 4.98 Å². The summed E-state index contributed by atoms with van der Waals surface area (Å²) in [4.78, 5) is 17.8. The standard InChI is InChI=1S/C11H14N2O2.C2H6/c1-9-6-10(8-12-7-9)11(14)13-2-4-15-5-3-13;1-2/h6-8H,2-5H2,1H3;1-2H3. The van der Waals surface area contributed by atoms with Crippen LogP contribution in [0.2, 0.25) is 0 Å². The number of ether oxygens (including phenoxy) is 1. The van der Waals surface area contributed by atoms with Gasteiger partial charge in [-0.2, -0.15) is 0 Å². The summed E-state index contributed by atoms with van der Waals surface area (Å²) in [6, 6.07) is 1.87. The Bertz CT molecular complexity index is 360. The number of rotatable bonds is 1. The van der Waals surface area contributed by atoms with Crippen LogP contribution in [0.3, 0.4) is 0 Å². The van der Waals surface area contributed by atoms with Crippen molar-refractivity contribution in [3.8, 4) is 0 Å². The second-order valence-corrected chi connectivity index (χ2v) is 3.66. The van der Waals surface area contributed by atoms with E-state index < -0.39 is 0 Å². The molecule has 1 saturated heterocycles. The Morgan fingerprint density at radius 3 is 2.53 bits per heavy atom. The monoisotopic (exact) mass is 236 g/mol. The molecule has 17 heavy (non-hydrogen) atoms. The predicted octanol–water partition coefficient (Wildman–Crippen LogP) is 1.89. The van der Waals surface area contributed by atoms with E-state index in [9.17, 15) is 4.79 Å². The maximum absolute atomic E-state index is 12.0. The van der Waals surface area contributed by atoms with Crippen LogP contribution in [0.5, 0.6) is 0 Å². The molecule has 94 valence electrons. The molecule has 2 rings (SSSR count). The Morgan fingerprint density at radius 1 is 1.29 bits per heavy atom. The number of nitrogens with zero attached hydrogens (tertiary/aromatic N) is 2. The molecule has 0 aliphatic carbocycles. The summed E-state index contributed by atoms with van der Waals surface area (Å²) < 4.78 is 5.20. The molecule has 4 nitrogen and oxygen atoms in total. The third-order valence-corrected chi connectivity index (χ3v) is 2.42. The summed E-state index contributed by atoms with van der Waals surface area (Å²) in [5.74, 6) is 0.0505. The summed E-state index contributed by atoms with van der Waals surface area (Å²) in [6.45, 7) is 8.54. The number of hydrogen-bond acceptors (Lipinski definition) is 3. The first-order valence-electron chi connectivity index (χ1n) is 6.06. The number of aryl methyl sites for hydroxylation is 1. The minimum atomic E-state index is 0.0505. The lowest BCUT2D eigenvalue weighted by Crippen LogP contribution is -2.40. The number of morpholine rings is 1. The smallest absolute Gasteiger partial charge is 0.255 e.